The van der Waals surface area contributed by atoms with Gasteiger partial charge in [-0.2, -0.15) is 0 Å². The van der Waals surface area contributed by atoms with Crippen molar-refractivity contribution in [2.45, 2.75) is 13.1 Å². The second-order valence-electron chi connectivity index (χ2n) is 4.75. The van der Waals surface area contributed by atoms with Crippen molar-refractivity contribution in [2.75, 3.05) is 19.0 Å². The molecule has 2 aromatic rings. The molecule has 0 amide bonds. The monoisotopic (exact) mass is 336 g/mol. The van der Waals surface area contributed by atoms with Gasteiger partial charge < -0.3 is 10.2 Å². The minimum absolute atomic E-state index is 0.169. The summed E-state index contributed by atoms with van der Waals surface area (Å²) in [4.78, 5) is 2.07. The van der Waals surface area contributed by atoms with Crippen molar-refractivity contribution in [2.24, 2.45) is 0 Å². The molecule has 0 aromatic heterocycles. The Bertz CT molecular complexity index is 586. The highest BCUT2D eigenvalue weighted by molar-refractivity contribution is 9.10. The van der Waals surface area contributed by atoms with E-state index < -0.39 is 0 Å². The highest BCUT2D eigenvalue weighted by atomic mass is 79.9. The Labute approximate surface area is 127 Å². The quantitative estimate of drug-likeness (QED) is 0.889. The molecule has 0 fully saturated rings. The van der Waals surface area contributed by atoms with Crippen molar-refractivity contribution in [3.05, 3.63) is 63.9 Å². The molecule has 2 nitrogen and oxygen atoms in total. The zero-order chi connectivity index (χ0) is 14.5. The molecule has 4 heteroatoms. The van der Waals surface area contributed by atoms with Gasteiger partial charge in [-0.1, -0.05) is 34.1 Å². The Hall–Kier alpha value is -1.39. The second kappa shape index (κ2) is 6.86. The number of hydrogen-bond donors (Lipinski definition) is 1. The van der Waals surface area contributed by atoms with E-state index in [0.717, 1.165) is 16.7 Å². The molecule has 0 radical (unpaired) electrons. The van der Waals surface area contributed by atoms with Gasteiger partial charge in [-0.05, 0) is 36.9 Å². The van der Waals surface area contributed by atoms with Gasteiger partial charge in [0.25, 0.3) is 0 Å². The van der Waals surface area contributed by atoms with E-state index in [0.29, 0.717) is 12.1 Å². The third-order valence-corrected chi connectivity index (χ3v) is 3.66. The predicted octanol–water partition coefficient (Wildman–Crippen LogP) is 3.94. The van der Waals surface area contributed by atoms with E-state index in [2.05, 4.69) is 38.3 Å². The Morgan fingerprint density at radius 2 is 1.95 bits per heavy atom. The number of halogens is 2. The average molecular weight is 337 g/mol. The topological polar surface area (TPSA) is 15.3 Å². The Balaban J connectivity index is 2.25. The SMILES string of the molecule is CNCc1c(F)cccc1N(C)Cc1cccc(Br)c1. The molecule has 0 spiro atoms. The first kappa shape index (κ1) is 15.0. The number of rotatable bonds is 5. The van der Waals surface area contributed by atoms with E-state index in [1.54, 1.807) is 6.07 Å². The first-order valence-electron chi connectivity index (χ1n) is 6.49. The van der Waals surface area contributed by atoms with Crippen molar-refractivity contribution in [3.63, 3.8) is 0 Å². The molecule has 0 heterocycles. The molecule has 20 heavy (non-hydrogen) atoms. The number of anilines is 1. The van der Waals surface area contributed by atoms with Crippen molar-refractivity contribution in [1.29, 1.82) is 0 Å². The predicted molar refractivity (Wildman–Crippen MR) is 85.4 cm³/mol. The average Bonchev–Trinajstić information content (AvgIpc) is 2.41. The zero-order valence-electron chi connectivity index (χ0n) is 11.7. The van der Waals surface area contributed by atoms with Crippen LogP contribution in [-0.4, -0.2) is 14.1 Å². The highest BCUT2D eigenvalue weighted by Crippen LogP contribution is 2.24. The van der Waals surface area contributed by atoms with E-state index in [1.807, 2.05) is 32.3 Å². The lowest BCUT2D eigenvalue weighted by Crippen LogP contribution is -2.20. The van der Waals surface area contributed by atoms with Crippen LogP contribution in [0, 0.1) is 5.82 Å². The maximum absolute atomic E-state index is 13.9. The summed E-state index contributed by atoms with van der Waals surface area (Å²) in [6.45, 7) is 1.25. The van der Waals surface area contributed by atoms with Crippen LogP contribution < -0.4 is 10.2 Å². The lowest BCUT2D eigenvalue weighted by atomic mass is 10.1. The first-order chi connectivity index (χ1) is 9.61. The van der Waals surface area contributed by atoms with E-state index >= 15 is 0 Å². The molecule has 0 bridgehead atoms. The van der Waals surface area contributed by atoms with Crippen LogP contribution in [0.15, 0.2) is 46.9 Å². The van der Waals surface area contributed by atoms with Gasteiger partial charge in [-0.15, -0.1) is 0 Å². The molecule has 2 aromatic carbocycles. The van der Waals surface area contributed by atoms with Gasteiger partial charge in [0.2, 0.25) is 0 Å². The molecule has 0 saturated heterocycles. The molecule has 1 N–H and O–H groups in total. The Morgan fingerprint density at radius 3 is 2.65 bits per heavy atom. The maximum atomic E-state index is 13.9. The van der Waals surface area contributed by atoms with Gasteiger partial charge in [0, 0.05) is 35.9 Å². The van der Waals surface area contributed by atoms with Crippen LogP contribution in [0.5, 0.6) is 0 Å². The fraction of sp³-hybridized carbons (Fsp3) is 0.250. The van der Waals surface area contributed by atoms with Crippen LogP contribution in [0.4, 0.5) is 10.1 Å². The zero-order valence-corrected chi connectivity index (χ0v) is 13.2. The Morgan fingerprint density at radius 1 is 1.20 bits per heavy atom. The summed E-state index contributed by atoms with van der Waals surface area (Å²) in [5.41, 5.74) is 2.80. The van der Waals surface area contributed by atoms with Crippen LogP contribution in [-0.2, 0) is 13.1 Å². The minimum atomic E-state index is -0.169. The van der Waals surface area contributed by atoms with Crippen LogP contribution in [0.2, 0.25) is 0 Å². The standard InChI is InChI=1S/C16H18BrFN2/c1-19-10-14-15(18)7-4-8-16(14)20(2)11-12-5-3-6-13(17)9-12/h3-9,19H,10-11H2,1-2H3. The van der Waals surface area contributed by atoms with Gasteiger partial charge in [0.15, 0.2) is 0 Å². The highest BCUT2D eigenvalue weighted by Gasteiger charge is 2.11. The molecule has 0 atom stereocenters. The van der Waals surface area contributed by atoms with E-state index in [9.17, 15) is 4.39 Å². The number of hydrogen-bond acceptors (Lipinski definition) is 2. The summed E-state index contributed by atoms with van der Waals surface area (Å²) < 4.78 is 15.0. The third kappa shape index (κ3) is 3.58. The van der Waals surface area contributed by atoms with Crippen molar-refractivity contribution >= 4 is 21.6 Å². The second-order valence-corrected chi connectivity index (χ2v) is 5.67. The number of nitrogens with zero attached hydrogens (tertiary/aromatic N) is 1. The molecule has 0 aliphatic rings. The fourth-order valence-electron chi connectivity index (χ4n) is 2.25. The molecule has 2 rings (SSSR count). The molecule has 0 unspecified atom stereocenters. The molecular formula is C16H18BrFN2. The fourth-order valence-corrected chi connectivity index (χ4v) is 2.70. The smallest absolute Gasteiger partial charge is 0.129 e. The molecule has 106 valence electrons. The van der Waals surface area contributed by atoms with Crippen LogP contribution in [0.3, 0.4) is 0 Å². The maximum Gasteiger partial charge on any atom is 0.129 e. The third-order valence-electron chi connectivity index (χ3n) is 3.17. The summed E-state index contributed by atoms with van der Waals surface area (Å²) >= 11 is 3.47. The van der Waals surface area contributed by atoms with Gasteiger partial charge in [-0.25, -0.2) is 4.39 Å². The molecule has 0 aliphatic heterocycles. The largest absolute Gasteiger partial charge is 0.370 e. The molecule has 0 aliphatic carbocycles. The van der Waals surface area contributed by atoms with E-state index in [1.165, 1.54) is 11.6 Å². The van der Waals surface area contributed by atoms with Crippen LogP contribution in [0.1, 0.15) is 11.1 Å². The van der Waals surface area contributed by atoms with Gasteiger partial charge in [0.1, 0.15) is 5.82 Å². The minimum Gasteiger partial charge on any atom is -0.370 e. The van der Waals surface area contributed by atoms with Gasteiger partial charge >= 0.3 is 0 Å². The van der Waals surface area contributed by atoms with Crippen molar-refractivity contribution in [1.82, 2.24) is 5.32 Å². The summed E-state index contributed by atoms with van der Waals surface area (Å²) in [5, 5.41) is 3.02. The van der Waals surface area contributed by atoms with E-state index in [4.69, 9.17) is 0 Å². The lowest BCUT2D eigenvalue weighted by Gasteiger charge is -2.23. The first-order valence-corrected chi connectivity index (χ1v) is 7.28. The molecular weight excluding hydrogens is 319 g/mol. The Kier molecular flexibility index (Phi) is 5.15. The van der Waals surface area contributed by atoms with Crippen LogP contribution in [0.25, 0.3) is 0 Å². The van der Waals surface area contributed by atoms with Crippen molar-refractivity contribution in [3.8, 4) is 0 Å². The van der Waals surface area contributed by atoms with Gasteiger partial charge in [-0.3, -0.25) is 0 Å². The summed E-state index contributed by atoms with van der Waals surface area (Å²) in [6, 6.07) is 13.4. The molecule has 0 saturated carbocycles. The van der Waals surface area contributed by atoms with E-state index in [-0.39, 0.29) is 5.82 Å². The van der Waals surface area contributed by atoms with Crippen molar-refractivity contribution < 1.29 is 4.39 Å². The summed E-state index contributed by atoms with van der Waals surface area (Å²) in [7, 11) is 3.80. The number of nitrogens with one attached hydrogen (secondary N) is 1. The number of benzene rings is 2. The lowest BCUT2D eigenvalue weighted by molar-refractivity contribution is 0.599. The summed E-state index contributed by atoms with van der Waals surface area (Å²) in [6.07, 6.45) is 0. The summed E-state index contributed by atoms with van der Waals surface area (Å²) in [5.74, 6) is -0.169. The normalized spacial score (nSPS) is 10.6. The van der Waals surface area contributed by atoms with Crippen LogP contribution >= 0.6 is 15.9 Å². The van der Waals surface area contributed by atoms with Gasteiger partial charge in [0.05, 0.1) is 0 Å².